The van der Waals surface area contributed by atoms with Crippen LogP contribution < -0.4 is 0 Å². The zero-order chi connectivity index (χ0) is 37.2. The molecule has 0 atom stereocenters. The number of hydrogen-bond donors (Lipinski definition) is 0. The van der Waals surface area contributed by atoms with Gasteiger partial charge in [-0.15, -0.1) is 22.7 Å². The number of hydrogen-bond acceptors (Lipinski definition) is 2. The summed E-state index contributed by atoms with van der Waals surface area (Å²) < 4.78 is 0. The fraction of sp³-hybridized carbons (Fsp3) is 0.308. The summed E-state index contributed by atoms with van der Waals surface area (Å²) in [6.45, 7) is 4.56. The van der Waals surface area contributed by atoms with Crippen LogP contribution in [0.5, 0.6) is 0 Å². The minimum absolute atomic E-state index is 1.19. The average Bonchev–Trinajstić information content (AvgIpc) is 3.92. The lowest BCUT2D eigenvalue weighted by atomic mass is 10.0. The number of thiophene rings is 2. The van der Waals surface area contributed by atoms with Crippen LogP contribution in [-0.2, 0) is 12.8 Å². The van der Waals surface area contributed by atoms with E-state index in [1.807, 2.05) is 22.7 Å². The number of aryl methyl sites for hydroxylation is 2. The summed E-state index contributed by atoms with van der Waals surface area (Å²) >= 11 is 3.75. The van der Waals surface area contributed by atoms with Gasteiger partial charge in [-0.3, -0.25) is 0 Å². The van der Waals surface area contributed by atoms with Crippen LogP contribution in [0.2, 0.25) is 0 Å². The SMILES string of the molecule is CCCCCCCCc1ccc(/C=C/c2ccc(-c3ccc(-c4ccc(-c5ccc(/C=C/c6ccc(CCCCCCCC)cc6)cc5)s4)s3)cc2)cc1. The lowest BCUT2D eigenvalue weighted by Gasteiger charge is -2.03. The Morgan fingerprint density at radius 3 is 0.963 bits per heavy atom. The van der Waals surface area contributed by atoms with Crippen LogP contribution in [0, 0.1) is 0 Å². The molecule has 2 aromatic heterocycles. The van der Waals surface area contributed by atoms with Crippen molar-refractivity contribution in [1.82, 2.24) is 0 Å². The van der Waals surface area contributed by atoms with E-state index in [4.69, 9.17) is 0 Å². The van der Waals surface area contributed by atoms with Gasteiger partial charge in [-0.1, -0.05) is 199 Å². The maximum Gasteiger partial charge on any atom is 0.0449 e. The van der Waals surface area contributed by atoms with Crippen molar-refractivity contribution in [2.75, 3.05) is 0 Å². The lowest BCUT2D eigenvalue weighted by Crippen LogP contribution is -1.86. The first-order valence-corrected chi connectivity index (χ1v) is 22.2. The zero-order valence-corrected chi connectivity index (χ0v) is 34.2. The Morgan fingerprint density at radius 1 is 0.315 bits per heavy atom. The van der Waals surface area contributed by atoms with Crippen LogP contribution in [-0.4, -0.2) is 0 Å². The third kappa shape index (κ3) is 12.4. The first-order valence-electron chi connectivity index (χ1n) is 20.6. The van der Waals surface area contributed by atoms with Gasteiger partial charge >= 0.3 is 0 Å². The molecule has 2 heteroatoms. The standard InChI is InChI=1S/C52H58S2/c1-3-5-7-9-11-13-15-41-17-21-43(22-18-41)25-27-45-29-33-47(34-30-45)49-37-39-51(53-49)52-40-38-50(54-52)48-35-31-46(32-36-48)28-26-44-23-19-42(20-24-44)16-14-12-10-8-6-4-2/h17-40H,3-16H2,1-2H3/b27-25+,28-26+. The van der Waals surface area contributed by atoms with Crippen molar-refractivity contribution in [3.8, 4) is 30.6 Å². The van der Waals surface area contributed by atoms with E-state index < -0.39 is 0 Å². The predicted octanol–water partition coefficient (Wildman–Crippen LogP) is 17.0. The quantitative estimate of drug-likeness (QED) is 0.0508. The van der Waals surface area contributed by atoms with E-state index in [1.54, 1.807) is 0 Å². The summed E-state index contributed by atoms with van der Waals surface area (Å²) in [5.74, 6) is 0. The van der Waals surface area contributed by atoms with E-state index in [-0.39, 0.29) is 0 Å². The first-order chi connectivity index (χ1) is 26.7. The summed E-state index contributed by atoms with van der Waals surface area (Å²) in [7, 11) is 0. The van der Waals surface area contributed by atoms with Crippen LogP contribution in [0.25, 0.3) is 54.9 Å². The molecule has 2 heterocycles. The van der Waals surface area contributed by atoms with E-state index in [2.05, 4.69) is 159 Å². The van der Waals surface area contributed by atoms with Crippen molar-refractivity contribution >= 4 is 47.0 Å². The summed E-state index contributed by atoms with van der Waals surface area (Å²) in [4.78, 5) is 5.26. The molecular formula is C52H58S2. The third-order valence-corrected chi connectivity index (χ3v) is 12.8. The van der Waals surface area contributed by atoms with Crippen LogP contribution in [0.4, 0.5) is 0 Å². The third-order valence-electron chi connectivity index (χ3n) is 10.4. The van der Waals surface area contributed by atoms with E-state index in [1.165, 1.54) is 154 Å². The highest BCUT2D eigenvalue weighted by Gasteiger charge is 2.09. The maximum absolute atomic E-state index is 2.30. The molecule has 0 aliphatic carbocycles. The number of rotatable bonds is 21. The van der Waals surface area contributed by atoms with Gasteiger partial charge in [0, 0.05) is 19.5 Å². The van der Waals surface area contributed by atoms with Crippen molar-refractivity contribution < 1.29 is 0 Å². The van der Waals surface area contributed by atoms with Crippen molar-refractivity contribution in [3.63, 3.8) is 0 Å². The van der Waals surface area contributed by atoms with Crippen LogP contribution in [0.15, 0.2) is 121 Å². The summed E-state index contributed by atoms with van der Waals surface area (Å²) in [5, 5.41) is 0. The highest BCUT2D eigenvalue weighted by atomic mass is 32.1. The Morgan fingerprint density at radius 2 is 0.611 bits per heavy atom. The fourth-order valence-corrected chi connectivity index (χ4v) is 9.08. The van der Waals surface area contributed by atoms with E-state index in [0.717, 1.165) is 0 Å². The zero-order valence-electron chi connectivity index (χ0n) is 32.6. The molecule has 0 amide bonds. The Hall–Kier alpha value is -4.24. The fourth-order valence-electron chi connectivity index (χ4n) is 6.96. The Bertz CT molecular complexity index is 1850. The molecule has 0 bridgehead atoms. The van der Waals surface area contributed by atoms with E-state index >= 15 is 0 Å². The molecular weight excluding hydrogens is 689 g/mol. The molecule has 54 heavy (non-hydrogen) atoms. The monoisotopic (exact) mass is 746 g/mol. The largest absolute Gasteiger partial charge is 0.134 e. The molecule has 0 saturated carbocycles. The van der Waals surface area contributed by atoms with Gasteiger partial charge in [0.1, 0.15) is 0 Å². The van der Waals surface area contributed by atoms with Gasteiger partial charge < -0.3 is 0 Å². The molecule has 0 spiro atoms. The average molecular weight is 747 g/mol. The smallest absolute Gasteiger partial charge is 0.0449 e. The molecule has 4 aromatic carbocycles. The second-order valence-electron chi connectivity index (χ2n) is 14.8. The van der Waals surface area contributed by atoms with Gasteiger partial charge in [-0.25, -0.2) is 0 Å². The molecule has 0 radical (unpaired) electrons. The summed E-state index contributed by atoms with van der Waals surface area (Å²) in [5.41, 5.74) is 10.4. The highest BCUT2D eigenvalue weighted by molar-refractivity contribution is 7.25. The molecule has 6 aromatic rings. The molecule has 6 rings (SSSR count). The second-order valence-corrected chi connectivity index (χ2v) is 16.9. The Labute approximate surface area is 334 Å². The maximum atomic E-state index is 2.30. The molecule has 0 N–H and O–H groups in total. The lowest BCUT2D eigenvalue weighted by molar-refractivity contribution is 0.607. The Balaban J connectivity index is 0.971. The predicted molar refractivity (Wildman–Crippen MR) is 243 cm³/mol. The molecule has 278 valence electrons. The van der Waals surface area contributed by atoms with E-state index in [9.17, 15) is 0 Å². The van der Waals surface area contributed by atoms with Crippen molar-refractivity contribution in [1.29, 1.82) is 0 Å². The molecule has 0 aliphatic rings. The first kappa shape index (κ1) is 39.5. The van der Waals surface area contributed by atoms with Crippen molar-refractivity contribution in [2.24, 2.45) is 0 Å². The van der Waals surface area contributed by atoms with Crippen LogP contribution in [0.3, 0.4) is 0 Å². The highest BCUT2D eigenvalue weighted by Crippen LogP contribution is 2.40. The number of benzene rings is 4. The topological polar surface area (TPSA) is 0 Å². The van der Waals surface area contributed by atoms with Gasteiger partial charge in [0.05, 0.1) is 0 Å². The van der Waals surface area contributed by atoms with Crippen molar-refractivity contribution in [2.45, 2.75) is 104 Å². The molecule has 0 nitrogen and oxygen atoms in total. The number of unbranched alkanes of at least 4 members (excludes halogenated alkanes) is 10. The Kier molecular flexibility index (Phi) is 15.8. The molecule has 0 aliphatic heterocycles. The van der Waals surface area contributed by atoms with Crippen LogP contribution >= 0.6 is 22.7 Å². The molecule has 0 saturated heterocycles. The summed E-state index contributed by atoms with van der Waals surface area (Å²) in [6.07, 6.45) is 27.5. The van der Waals surface area contributed by atoms with Crippen LogP contribution in [0.1, 0.15) is 124 Å². The van der Waals surface area contributed by atoms with E-state index in [0.29, 0.717) is 0 Å². The van der Waals surface area contributed by atoms with Gasteiger partial charge in [0.15, 0.2) is 0 Å². The molecule has 0 fully saturated rings. The van der Waals surface area contributed by atoms with Gasteiger partial charge in [0.2, 0.25) is 0 Å². The van der Waals surface area contributed by atoms with Gasteiger partial charge in [0.25, 0.3) is 0 Å². The summed E-state index contributed by atoms with van der Waals surface area (Å²) in [6, 6.07) is 45.2. The normalized spacial score (nSPS) is 11.7. The minimum Gasteiger partial charge on any atom is -0.134 e. The minimum atomic E-state index is 1.19. The van der Waals surface area contributed by atoms with Crippen molar-refractivity contribution in [3.05, 3.63) is 155 Å². The molecule has 0 unspecified atom stereocenters. The second kappa shape index (κ2) is 21.6. The van der Waals surface area contributed by atoms with Gasteiger partial charge in [-0.2, -0.15) is 0 Å². The van der Waals surface area contributed by atoms with Gasteiger partial charge in [-0.05, 0) is 94.5 Å².